The third kappa shape index (κ3) is 6.35. The third-order valence-electron chi connectivity index (χ3n) is 6.67. The average Bonchev–Trinajstić information content (AvgIpc) is 3.32. The zero-order valence-electron chi connectivity index (χ0n) is 22.1. The molecule has 4 aromatic rings. The van der Waals surface area contributed by atoms with Gasteiger partial charge in [-0.1, -0.05) is 17.7 Å². The Labute approximate surface area is 236 Å². The molecule has 1 N–H and O–H groups in total. The van der Waals surface area contributed by atoms with E-state index in [9.17, 15) is 4.79 Å². The maximum Gasteiger partial charge on any atom is 0.246 e. The Bertz CT molecular complexity index is 1490. The number of anilines is 2. The van der Waals surface area contributed by atoms with Crippen LogP contribution in [0.15, 0.2) is 55.3 Å². The number of nitrogens with zero attached hydrogens (tertiary/aromatic N) is 6. The topological polar surface area (TPSA) is 96.4 Å². The van der Waals surface area contributed by atoms with Crippen LogP contribution in [0.1, 0.15) is 30.0 Å². The number of ether oxygens (including phenoxy) is 1. The Morgan fingerprint density at radius 2 is 2.15 bits per heavy atom. The number of fused-ring (bicyclic) bond motifs is 3. The first kappa shape index (κ1) is 27.0. The molecule has 202 valence electrons. The number of carbonyl (C=O) groups is 1. The highest BCUT2D eigenvalue weighted by Crippen LogP contribution is 2.38. The van der Waals surface area contributed by atoms with Gasteiger partial charge in [-0.15, -0.1) is 11.3 Å². The molecule has 0 atom stereocenters. The quantitative estimate of drug-likeness (QED) is 0.276. The van der Waals surface area contributed by atoms with E-state index in [1.807, 2.05) is 36.2 Å². The molecule has 0 saturated heterocycles. The summed E-state index contributed by atoms with van der Waals surface area (Å²) < 4.78 is 5.81. The summed E-state index contributed by atoms with van der Waals surface area (Å²) in [4.78, 5) is 36.3. The van der Waals surface area contributed by atoms with Crippen LogP contribution in [-0.2, 0) is 24.4 Å². The lowest BCUT2D eigenvalue weighted by Gasteiger charge is -2.26. The highest BCUT2D eigenvalue weighted by molar-refractivity contribution is 7.19. The van der Waals surface area contributed by atoms with Gasteiger partial charge in [0.05, 0.1) is 28.8 Å². The van der Waals surface area contributed by atoms with Crippen molar-refractivity contribution in [3.8, 4) is 5.75 Å². The predicted octanol–water partition coefficient (Wildman–Crippen LogP) is 5.24. The summed E-state index contributed by atoms with van der Waals surface area (Å²) in [6.07, 6.45) is 10.8. The normalized spacial score (nSPS) is 13.4. The van der Waals surface area contributed by atoms with Crippen LogP contribution in [0.2, 0.25) is 5.02 Å². The molecule has 1 aliphatic heterocycles. The van der Waals surface area contributed by atoms with Crippen LogP contribution in [-0.4, -0.2) is 61.8 Å². The fraction of sp³-hybridized carbons (Fsp3) is 0.321. The van der Waals surface area contributed by atoms with Crippen molar-refractivity contribution in [1.29, 1.82) is 0 Å². The largest absolute Gasteiger partial charge is 0.486 e. The van der Waals surface area contributed by atoms with Gasteiger partial charge in [-0.25, -0.2) is 9.97 Å². The fourth-order valence-electron chi connectivity index (χ4n) is 4.24. The molecule has 9 nitrogen and oxygen atoms in total. The molecule has 1 amide bonds. The third-order valence-corrected chi connectivity index (χ3v) is 8.09. The summed E-state index contributed by atoms with van der Waals surface area (Å²) in [7, 11) is 2.05. The zero-order chi connectivity index (χ0) is 27.4. The van der Waals surface area contributed by atoms with Crippen molar-refractivity contribution in [3.05, 3.63) is 76.4 Å². The number of amides is 1. The minimum Gasteiger partial charge on any atom is -0.486 e. The SMILES string of the molecule is CC(C)N(C)C/C=C/C(=O)N1CCc2c(sc3ncnc(Nc4ccc(OCc5cnccn5)c(Cl)c4)c23)C1. The second-order valence-electron chi connectivity index (χ2n) is 9.61. The molecular weight excluding hydrogens is 534 g/mol. The first-order valence-electron chi connectivity index (χ1n) is 12.7. The molecule has 1 aliphatic rings. The van der Waals surface area contributed by atoms with Crippen LogP contribution in [0.4, 0.5) is 11.5 Å². The molecule has 0 unspecified atom stereocenters. The van der Waals surface area contributed by atoms with E-state index in [2.05, 4.69) is 44.0 Å². The molecule has 0 spiro atoms. The predicted molar refractivity (Wildman–Crippen MR) is 155 cm³/mol. The van der Waals surface area contributed by atoms with Gasteiger partial charge in [0.1, 0.15) is 29.3 Å². The monoisotopic (exact) mass is 563 g/mol. The lowest BCUT2D eigenvalue weighted by molar-refractivity contribution is -0.126. The van der Waals surface area contributed by atoms with Crippen molar-refractivity contribution in [2.24, 2.45) is 0 Å². The van der Waals surface area contributed by atoms with Crippen molar-refractivity contribution < 1.29 is 9.53 Å². The molecule has 5 rings (SSSR count). The van der Waals surface area contributed by atoms with E-state index in [0.717, 1.165) is 45.3 Å². The van der Waals surface area contributed by atoms with Gasteiger partial charge in [0.25, 0.3) is 0 Å². The van der Waals surface area contributed by atoms with Crippen LogP contribution in [0.25, 0.3) is 10.2 Å². The number of aromatic nitrogens is 4. The molecule has 3 aromatic heterocycles. The van der Waals surface area contributed by atoms with E-state index in [-0.39, 0.29) is 12.5 Å². The van der Waals surface area contributed by atoms with Gasteiger partial charge in [0.2, 0.25) is 5.91 Å². The van der Waals surface area contributed by atoms with Crippen molar-refractivity contribution in [3.63, 3.8) is 0 Å². The average molecular weight is 564 g/mol. The number of hydrogen-bond donors (Lipinski definition) is 1. The molecule has 1 aromatic carbocycles. The highest BCUT2D eigenvalue weighted by atomic mass is 35.5. The first-order valence-corrected chi connectivity index (χ1v) is 13.9. The Balaban J connectivity index is 1.29. The summed E-state index contributed by atoms with van der Waals surface area (Å²) in [5.41, 5.74) is 2.70. The van der Waals surface area contributed by atoms with Crippen molar-refractivity contribution >= 4 is 50.6 Å². The number of rotatable bonds is 9. The van der Waals surface area contributed by atoms with E-state index in [1.165, 1.54) is 5.56 Å². The van der Waals surface area contributed by atoms with Crippen molar-refractivity contribution in [1.82, 2.24) is 29.7 Å². The van der Waals surface area contributed by atoms with Crippen molar-refractivity contribution in [2.75, 3.05) is 25.5 Å². The van der Waals surface area contributed by atoms with Crippen LogP contribution >= 0.6 is 22.9 Å². The number of thiophene rings is 1. The molecule has 0 fully saturated rings. The summed E-state index contributed by atoms with van der Waals surface area (Å²) in [5.74, 6) is 1.32. The number of carbonyl (C=O) groups excluding carboxylic acids is 1. The van der Waals surface area contributed by atoms with Gasteiger partial charge >= 0.3 is 0 Å². The molecule has 0 radical (unpaired) electrons. The van der Waals surface area contributed by atoms with Gasteiger partial charge in [-0.05, 0) is 51.1 Å². The Morgan fingerprint density at radius 3 is 2.92 bits per heavy atom. The van der Waals surface area contributed by atoms with Gasteiger partial charge in [0, 0.05) is 48.2 Å². The second kappa shape index (κ2) is 12.1. The second-order valence-corrected chi connectivity index (χ2v) is 11.1. The summed E-state index contributed by atoms with van der Waals surface area (Å²) >= 11 is 8.13. The molecule has 11 heteroatoms. The number of likely N-dealkylation sites (N-methyl/N-ethyl adjacent to an activating group) is 1. The molecule has 4 heterocycles. The summed E-state index contributed by atoms with van der Waals surface area (Å²) in [6, 6.07) is 5.96. The molecular formula is C28H30ClN7O2S. The van der Waals surface area contributed by atoms with E-state index >= 15 is 0 Å². The van der Waals surface area contributed by atoms with E-state index in [0.29, 0.717) is 29.9 Å². The minimum absolute atomic E-state index is 0.0379. The minimum atomic E-state index is 0.0379. The van der Waals surface area contributed by atoms with E-state index in [4.69, 9.17) is 16.3 Å². The van der Waals surface area contributed by atoms with Crippen LogP contribution in [0.3, 0.4) is 0 Å². The smallest absolute Gasteiger partial charge is 0.246 e. The van der Waals surface area contributed by atoms with Gasteiger partial charge < -0.3 is 19.9 Å². The molecule has 0 saturated carbocycles. The van der Waals surface area contributed by atoms with Crippen LogP contribution in [0.5, 0.6) is 5.75 Å². The molecule has 39 heavy (non-hydrogen) atoms. The van der Waals surface area contributed by atoms with Gasteiger partial charge in [0.15, 0.2) is 0 Å². The first-order chi connectivity index (χ1) is 18.9. The Morgan fingerprint density at radius 1 is 1.28 bits per heavy atom. The molecule has 0 bridgehead atoms. The van der Waals surface area contributed by atoms with Gasteiger partial charge in [-0.2, -0.15) is 0 Å². The summed E-state index contributed by atoms with van der Waals surface area (Å²) in [6.45, 7) is 6.52. The maximum atomic E-state index is 12.8. The highest BCUT2D eigenvalue weighted by Gasteiger charge is 2.25. The number of hydrogen-bond acceptors (Lipinski definition) is 9. The molecule has 0 aliphatic carbocycles. The fourth-order valence-corrected chi connectivity index (χ4v) is 5.67. The van der Waals surface area contributed by atoms with Crippen LogP contribution < -0.4 is 10.1 Å². The Kier molecular flexibility index (Phi) is 8.35. The zero-order valence-corrected chi connectivity index (χ0v) is 23.7. The van der Waals surface area contributed by atoms with E-state index < -0.39 is 0 Å². The standard InChI is InChI=1S/C28H30ClN7O2S/c1-18(2)35(3)11-4-5-25(37)36-12-8-21-24(15-36)39-28-26(21)27(32-17-33-28)34-19-6-7-23(22(29)13-19)38-16-20-14-30-9-10-31-20/h4-7,9-10,13-14,17-18H,8,11-12,15-16H2,1-3H3,(H,32,33,34)/b5-4+. The lowest BCUT2D eigenvalue weighted by Crippen LogP contribution is -2.34. The lowest BCUT2D eigenvalue weighted by atomic mass is 10.0. The number of halogens is 1. The van der Waals surface area contributed by atoms with Crippen molar-refractivity contribution in [2.45, 2.75) is 39.5 Å². The maximum absolute atomic E-state index is 12.8. The van der Waals surface area contributed by atoms with E-state index in [1.54, 1.807) is 42.3 Å². The van der Waals surface area contributed by atoms with Gasteiger partial charge in [-0.3, -0.25) is 14.8 Å². The Hall–Kier alpha value is -3.60. The number of nitrogens with one attached hydrogen (secondary N) is 1. The van der Waals surface area contributed by atoms with Crippen LogP contribution in [0, 0.1) is 0 Å². The summed E-state index contributed by atoms with van der Waals surface area (Å²) in [5, 5.41) is 4.88. The number of benzene rings is 1.